The lowest BCUT2D eigenvalue weighted by Crippen LogP contribution is -2.14. The van der Waals surface area contributed by atoms with Crippen molar-refractivity contribution in [2.45, 2.75) is 31.6 Å². The molecule has 0 aliphatic heterocycles. The topological polar surface area (TPSA) is 111 Å². The number of pyridine rings is 1. The van der Waals surface area contributed by atoms with Crippen molar-refractivity contribution in [3.05, 3.63) is 83.8 Å². The molecule has 0 bridgehead atoms. The molecule has 2 heterocycles. The summed E-state index contributed by atoms with van der Waals surface area (Å²) in [7, 11) is -4.00. The van der Waals surface area contributed by atoms with Crippen LogP contribution in [0.1, 0.15) is 30.9 Å². The number of benzene rings is 3. The maximum absolute atomic E-state index is 13.8. The molecule has 2 aromatic heterocycles. The fourth-order valence-electron chi connectivity index (χ4n) is 4.46. The van der Waals surface area contributed by atoms with Gasteiger partial charge in [-0.15, -0.1) is 0 Å². The molecule has 0 atom stereocenters. The number of aryl methyl sites for hydroxylation is 1. The standard InChI is InChI=1S/C28H24FN3O5S/c1-16(2)26-27(18-6-8-20(29)9-7-18)22-12-19-14-30-32(38(35,36)21-10-4-17(3)5-11-21)24(19)13-23(22)31-28(26)37-15-25(33)34/h4-14,16H,15H2,1-3H3,(H,33,34). The first-order valence-corrected chi connectivity index (χ1v) is 13.3. The summed E-state index contributed by atoms with van der Waals surface area (Å²) < 4.78 is 47.2. The van der Waals surface area contributed by atoms with Crippen molar-refractivity contribution >= 4 is 37.8 Å². The third kappa shape index (κ3) is 4.47. The van der Waals surface area contributed by atoms with Crippen molar-refractivity contribution in [2.24, 2.45) is 0 Å². The number of carboxylic acid groups (broad SMARTS) is 1. The molecule has 3 aromatic carbocycles. The van der Waals surface area contributed by atoms with Crippen LogP contribution in [0.5, 0.6) is 5.88 Å². The number of hydrogen-bond acceptors (Lipinski definition) is 6. The van der Waals surface area contributed by atoms with E-state index in [-0.39, 0.29) is 16.7 Å². The minimum absolute atomic E-state index is 0.0915. The maximum atomic E-state index is 13.8. The van der Waals surface area contributed by atoms with Crippen LogP contribution in [0.25, 0.3) is 32.9 Å². The van der Waals surface area contributed by atoms with E-state index in [9.17, 15) is 22.7 Å². The minimum Gasteiger partial charge on any atom is -0.479 e. The summed E-state index contributed by atoms with van der Waals surface area (Å²) in [4.78, 5) is 16.0. The van der Waals surface area contributed by atoms with Gasteiger partial charge in [0, 0.05) is 16.3 Å². The molecule has 194 valence electrons. The van der Waals surface area contributed by atoms with Gasteiger partial charge in [0.15, 0.2) is 6.61 Å². The van der Waals surface area contributed by atoms with Crippen LogP contribution in [0.4, 0.5) is 4.39 Å². The fourth-order valence-corrected chi connectivity index (χ4v) is 5.73. The SMILES string of the molecule is Cc1ccc(S(=O)(=O)n2ncc3cc4c(-c5ccc(F)cc5)c(C(C)C)c(OCC(=O)O)nc4cc32)cc1. The van der Waals surface area contributed by atoms with Gasteiger partial charge in [-0.1, -0.05) is 43.7 Å². The van der Waals surface area contributed by atoms with Gasteiger partial charge in [-0.2, -0.15) is 17.6 Å². The number of carbonyl (C=O) groups is 1. The Labute approximate surface area is 218 Å². The van der Waals surface area contributed by atoms with Gasteiger partial charge in [0.1, 0.15) is 5.82 Å². The van der Waals surface area contributed by atoms with Crippen LogP contribution in [0, 0.1) is 12.7 Å². The molecule has 0 aliphatic carbocycles. The second-order valence-electron chi connectivity index (χ2n) is 9.28. The van der Waals surface area contributed by atoms with Crippen molar-refractivity contribution < 1.29 is 27.4 Å². The number of fused-ring (bicyclic) bond motifs is 2. The Kier molecular flexibility index (Phi) is 6.36. The molecule has 0 spiro atoms. The summed E-state index contributed by atoms with van der Waals surface area (Å²) >= 11 is 0. The molecule has 5 aromatic rings. The van der Waals surface area contributed by atoms with E-state index in [0.29, 0.717) is 38.5 Å². The molecule has 1 N–H and O–H groups in total. The van der Waals surface area contributed by atoms with Crippen LogP contribution < -0.4 is 4.74 Å². The molecule has 5 rings (SSSR count). The second-order valence-corrected chi connectivity index (χ2v) is 11.1. The molecule has 38 heavy (non-hydrogen) atoms. The first-order chi connectivity index (χ1) is 18.1. The number of aromatic nitrogens is 3. The molecule has 0 amide bonds. The van der Waals surface area contributed by atoms with Gasteiger partial charge in [-0.05, 0) is 60.4 Å². The van der Waals surface area contributed by atoms with Crippen molar-refractivity contribution in [1.82, 2.24) is 14.2 Å². The molecular weight excluding hydrogens is 509 g/mol. The average Bonchev–Trinajstić information content (AvgIpc) is 3.29. The van der Waals surface area contributed by atoms with Crippen molar-refractivity contribution in [2.75, 3.05) is 6.61 Å². The number of rotatable bonds is 7. The van der Waals surface area contributed by atoms with E-state index < -0.39 is 28.4 Å². The molecule has 0 radical (unpaired) electrons. The second kappa shape index (κ2) is 9.53. The van der Waals surface area contributed by atoms with Gasteiger partial charge in [0.05, 0.1) is 22.1 Å². The van der Waals surface area contributed by atoms with Gasteiger partial charge in [0.2, 0.25) is 5.88 Å². The normalized spacial score (nSPS) is 11.9. The number of carboxylic acids is 1. The predicted molar refractivity (Wildman–Crippen MR) is 141 cm³/mol. The van der Waals surface area contributed by atoms with Crippen LogP contribution in [-0.4, -0.2) is 40.3 Å². The Morgan fingerprint density at radius 3 is 2.39 bits per heavy atom. The third-order valence-electron chi connectivity index (χ3n) is 6.23. The molecule has 10 heteroatoms. The van der Waals surface area contributed by atoms with E-state index in [0.717, 1.165) is 9.65 Å². The first kappa shape index (κ1) is 25.3. The molecule has 8 nitrogen and oxygen atoms in total. The average molecular weight is 534 g/mol. The van der Waals surface area contributed by atoms with E-state index in [1.165, 1.54) is 30.5 Å². The minimum atomic E-state index is -4.00. The zero-order valence-corrected chi connectivity index (χ0v) is 21.7. The summed E-state index contributed by atoms with van der Waals surface area (Å²) in [6.45, 7) is 5.11. The maximum Gasteiger partial charge on any atom is 0.341 e. The lowest BCUT2D eigenvalue weighted by atomic mass is 9.90. The van der Waals surface area contributed by atoms with E-state index in [2.05, 4.69) is 10.1 Å². The lowest BCUT2D eigenvalue weighted by Gasteiger charge is -2.20. The zero-order valence-electron chi connectivity index (χ0n) is 20.8. The van der Waals surface area contributed by atoms with Crippen molar-refractivity contribution in [1.29, 1.82) is 0 Å². The Morgan fingerprint density at radius 2 is 1.76 bits per heavy atom. The smallest absolute Gasteiger partial charge is 0.341 e. The highest BCUT2D eigenvalue weighted by Crippen LogP contribution is 2.41. The summed E-state index contributed by atoms with van der Waals surface area (Å²) in [5.74, 6) is -1.58. The molecule has 0 aliphatic rings. The monoisotopic (exact) mass is 533 g/mol. The first-order valence-electron chi connectivity index (χ1n) is 11.8. The van der Waals surface area contributed by atoms with E-state index in [4.69, 9.17) is 4.74 Å². The van der Waals surface area contributed by atoms with E-state index in [1.54, 1.807) is 36.4 Å². The molecule has 0 unspecified atom stereocenters. The van der Waals surface area contributed by atoms with Crippen LogP contribution in [-0.2, 0) is 14.8 Å². The molecular formula is C28H24FN3O5S. The summed E-state index contributed by atoms with van der Waals surface area (Å²) in [5.41, 5.74) is 3.64. The van der Waals surface area contributed by atoms with Gasteiger partial charge in [-0.3, -0.25) is 0 Å². The number of hydrogen-bond donors (Lipinski definition) is 1. The fraction of sp³-hybridized carbons (Fsp3) is 0.179. The number of halogens is 1. The molecule has 0 saturated carbocycles. The van der Waals surface area contributed by atoms with Crippen molar-refractivity contribution in [3.63, 3.8) is 0 Å². The largest absolute Gasteiger partial charge is 0.479 e. The number of ether oxygens (including phenoxy) is 1. The Morgan fingerprint density at radius 1 is 1.08 bits per heavy atom. The van der Waals surface area contributed by atoms with Crippen LogP contribution >= 0.6 is 0 Å². The van der Waals surface area contributed by atoms with E-state index in [1.807, 2.05) is 20.8 Å². The van der Waals surface area contributed by atoms with Gasteiger partial charge >= 0.3 is 5.97 Å². The molecule has 0 fully saturated rings. The van der Waals surface area contributed by atoms with Crippen LogP contribution in [0.3, 0.4) is 0 Å². The lowest BCUT2D eigenvalue weighted by molar-refractivity contribution is -0.139. The highest BCUT2D eigenvalue weighted by atomic mass is 32.2. The van der Waals surface area contributed by atoms with Gasteiger partial charge in [-0.25, -0.2) is 14.2 Å². The van der Waals surface area contributed by atoms with Gasteiger partial charge in [0.25, 0.3) is 10.0 Å². The summed E-state index contributed by atoms with van der Waals surface area (Å²) in [5, 5.41) is 14.6. The number of nitrogens with zero attached hydrogens (tertiary/aromatic N) is 3. The van der Waals surface area contributed by atoms with Crippen LogP contribution in [0.15, 0.2) is 71.8 Å². The predicted octanol–water partition coefficient (Wildman–Crippen LogP) is 5.52. The Balaban J connectivity index is 1.81. The summed E-state index contributed by atoms with van der Waals surface area (Å²) in [6, 6.07) is 15.8. The molecule has 0 saturated heterocycles. The van der Waals surface area contributed by atoms with Crippen LogP contribution in [0.2, 0.25) is 0 Å². The van der Waals surface area contributed by atoms with E-state index >= 15 is 0 Å². The Bertz CT molecular complexity index is 1800. The zero-order chi connectivity index (χ0) is 27.2. The number of aliphatic carboxylic acids is 1. The summed E-state index contributed by atoms with van der Waals surface area (Å²) in [6.07, 6.45) is 1.47. The Hall–Kier alpha value is -4.31. The highest BCUT2D eigenvalue weighted by Gasteiger charge is 2.25. The van der Waals surface area contributed by atoms with Gasteiger partial charge < -0.3 is 9.84 Å². The quantitative estimate of drug-likeness (QED) is 0.293. The highest BCUT2D eigenvalue weighted by molar-refractivity contribution is 7.90. The van der Waals surface area contributed by atoms with Crippen molar-refractivity contribution in [3.8, 4) is 17.0 Å². The third-order valence-corrected chi connectivity index (χ3v) is 7.85.